The highest BCUT2D eigenvalue weighted by molar-refractivity contribution is 6.30. The van der Waals surface area contributed by atoms with E-state index in [4.69, 9.17) is 16.3 Å². The van der Waals surface area contributed by atoms with Gasteiger partial charge in [-0.15, -0.1) is 0 Å². The van der Waals surface area contributed by atoms with Crippen LogP contribution in [-0.2, 0) is 4.74 Å². The fourth-order valence-electron chi connectivity index (χ4n) is 1.93. The van der Waals surface area contributed by atoms with E-state index in [9.17, 15) is 25.1 Å². The van der Waals surface area contributed by atoms with Crippen molar-refractivity contribution < 1.29 is 24.7 Å². The second-order valence-corrected chi connectivity index (χ2v) is 6.63. The van der Waals surface area contributed by atoms with Crippen LogP contribution in [0.4, 0.5) is 10.5 Å². The zero-order valence-electron chi connectivity index (χ0n) is 13.7. The summed E-state index contributed by atoms with van der Waals surface area (Å²) >= 11 is 5.71. The molecule has 0 radical (unpaired) electrons. The average Bonchev–Trinajstić information content (AvgIpc) is 2.44. The number of carbonyl (C=O) groups is 1. The van der Waals surface area contributed by atoms with Crippen LogP contribution in [-0.4, -0.2) is 39.5 Å². The van der Waals surface area contributed by atoms with Gasteiger partial charge < -0.3 is 20.3 Å². The van der Waals surface area contributed by atoms with E-state index in [1.165, 1.54) is 12.1 Å². The third kappa shape index (κ3) is 6.31. The Morgan fingerprint density at radius 3 is 2.58 bits per heavy atom. The van der Waals surface area contributed by atoms with Gasteiger partial charge in [-0.05, 0) is 39.3 Å². The largest absolute Gasteiger partial charge is 0.444 e. The van der Waals surface area contributed by atoms with Crippen molar-refractivity contribution in [3.63, 3.8) is 0 Å². The lowest BCUT2D eigenvalue weighted by Gasteiger charge is -2.21. The lowest BCUT2D eigenvalue weighted by Crippen LogP contribution is -2.34. The quantitative estimate of drug-likeness (QED) is 0.529. The van der Waals surface area contributed by atoms with Crippen LogP contribution in [0.3, 0.4) is 0 Å². The van der Waals surface area contributed by atoms with Crippen molar-refractivity contribution in [2.75, 3.05) is 6.54 Å². The molecule has 0 aliphatic heterocycles. The maximum Gasteiger partial charge on any atom is 0.407 e. The van der Waals surface area contributed by atoms with Gasteiger partial charge in [0.1, 0.15) is 11.7 Å². The van der Waals surface area contributed by atoms with Crippen molar-refractivity contribution in [1.29, 1.82) is 0 Å². The number of alkyl carbamates (subject to hydrolysis) is 1. The highest BCUT2D eigenvalue weighted by atomic mass is 35.5. The molecule has 0 aliphatic carbocycles. The zero-order valence-corrected chi connectivity index (χ0v) is 14.4. The van der Waals surface area contributed by atoms with Gasteiger partial charge in [-0.2, -0.15) is 0 Å². The van der Waals surface area contributed by atoms with Crippen LogP contribution >= 0.6 is 11.6 Å². The lowest BCUT2D eigenvalue weighted by atomic mass is 10.0. The molecule has 0 aromatic heterocycles. The summed E-state index contributed by atoms with van der Waals surface area (Å²) in [5.74, 6) is 0. The first-order valence-corrected chi connectivity index (χ1v) is 7.66. The van der Waals surface area contributed by atoms with E-state index in [2.05, 4.69) is 5.32 Å². The molecular weight excluding hydrogens is 340 g/mol. The summed E-state index contributed by atoms with van der Waals surface area (Å²) in [7, 11) is 0. The molecule has 0 bridgehead atoms. The Morgan fingerprint density at radius 2 is 2.04 bits per heavy atom. The zero-order chi connectivity index (χ0) is 18.5. The SMILES string of the molecule is CC(C)(C)OC(=O)NCCC(O)C(O)c1ccc(Cl)cc1[N+](=O)[O-]. The van der Waals surface area contributed by atoms with Crippen molar-refractivity contribution in [2.45, 2.75) is 45.0 Å². The molecule has 0 aliphatic rings. The van der Waals surface area contributed by atoms with Gasteiger partial charge in [0, 0.05) is 17.6 Å². The topological polar surface area (TPSA) is 122 Å². The van der Waals surface area contributed by atoms with Gasteiger partial charge in [-0.3, -0.25) is 10.1 Å². The molecule has 2 atom stereocenters. The lowest BCUT2D eigenvalue weighted by molar-refractivity contribution is -0.386. The number of ether oxygens (including phenoxy) is 1. The minimum atomic E-state index is -1.48. The molecule has 1 aromatic carbocycles. The maximum atomic E-state index is 11.5. The first-order valence-electron chi connectivity index (χ1n) is 7.28. The predicted octanol–water partition coefficient (Wildman–Crippen LogP) is 2.56. The number of nitrogens with one attached hydrogen (secondary N) is 1. The highest BCUT2D eigenvalue weighted by Gasteiger charge is 2.26. The second kappa shape index (κ2) is 8.27. The molecule has 0 spiro atoms. The molecule has 0 fully saturated rings. The normalized spacial score (nSPS) is 13.9. The van der Waals surface area contributed by atoms with Crippen molar-refractivity contribution in [3.8, 4) is 0 Å². The maximum absolute atomic E-state index is 11.5. The number of rotatable bonds is 6. The Kier molecular flexibility index (Phi) is 6.94. The summed E-state index contributed by atoms with van der Waals surface area (Å²) in [6.45, 7) is 5.18. The monoisotopic (exact) mass is 360 g/mol. The Balaban J connectivity index is 2.64. The van der Waals surface area contributed by atoms with Gasteiger partial charge in [0.15, 0.2) is 0 Å². The Labute approximate surface area is 144 Å². The van der Waals surface area contributed by atoms with Crippen LogP contribution in [0.2, 0.25) is 5.02 Å². The summed E-state index contributed by atoms with van der Waals surface area (Å²) in [4.78, 5) is 21.8. The number of halogens is 1. The molecule has 24 heavy (non-hydrogen) atoms. The molecule has 134 valence electrons. The van der Waals surface area contributed by atoms with Gasteiger partial charge in [0.05, 0.1) is 16.6 Å². The molecule has 3 N–H and O–H groups in total. The highest BCUT2D eigenvalue weighted by Crippen LogP contribution is 2.30. The number of aliphatic hydroxyl groups excluding tert-OH is 2. The fraction of sp³-hybridized carbons (Fsp3) is 0.533. The molecular formula is C15H21ClN2O6. The molecule has 1 rings (SSSR count). The van der Waals surface area contributed by atoms with Crippen molar-refractivity contribution >= 4 is 23.4 Å². The summed E-state index contributed by atoms with van der Waals surface area (Å²) in [5.41, 5.74) is -1.07. The van der Waals surface area contributed by atoms with Gasteiger partial charge >= 0.3 is 6.09 Å². The van der Waals surface area contributed by atoms with Crippen LogP contribution in [0.5, 0.6) is 0 Å². The second-order valence-electron chi connectivity index (χ2n) is 6.19. The summed E-state index contributed by atoms with van der Waals surface area (Å²) < 4.78 is 5.03. The number of nitrogens with zero attached hydrogens (tertiary/aromatic N) is 1. The Morgan fingerprint density at radius 1 is 1.42 bits per heavy atom. The van der Waals surface area contributed by atoms with Gasteiger partial charge in [-0.25, -0.2) is 4.79 Å². The number of nitro groups is 1. The number of benzene rings is 1. The molecule has 1 aromatic rings. The van der Waals surface area contributed by atoms with E-state index in [0.29, 0.717) is 0 Å². The van der Waals surface area contributed by atoms with E-state index in [1.807, 2.05) is 0 Å². The standard InChI is InChI=1S/C15H21ClN2O6/c1-15(2,3)24-14(21)17-7-6-12(19)13(20)10-5-4-9(16)8-11(10)18(22)23/h4-5,8,12-13,19-20H,6-7H2,1-3H3,(H,17,21). The van der Waals surface area contributed by atoms with Gasteiger partial charge in [0.2, 0.25) is 0 Å². The molecule has 0 heterocycles. The van der Waals surface area contributed by atoms with Crippen LogP contribution < -0.4 is 5.32 Å². The van der Waals surface area contributed by atoms with Crippen LogP contribution in [0.1, 0.15) is 38.9 Å². The predicted molar refractivity (Wildman–Crippen MR) is 87.9 cm³/mol. The molecule has 2 unspecified atom stereocenters. The number of hydrogen-bond donors (Lipinski definition) is 3. The average molecular weight is 361 g/mol. The first kappa shape index (κ1) is 20.1. The van der Waals surface area contributed by atoms with E-state index >= 15 is 0 Å². The summed E-state index contributed by atoms with van der Waals surface area (Å²) in [6, 6.07) is 3.78. The van der Waals surface area contributed by atoms with E-state index in [1.54, 1.807) is 20.8 Å². The first-order chi connectivity index (χ1) is 11.0. The number of nitro benzene ring substituents is 1. The Hall–Kier alpha value is -1.90. The van der Waals surface area contributed by atoms with Gasteiger partial charge in [-0.1, -0.05) is 11.6 Å². The Bertz CT molecular complexity index is 602. The minimum Gasteiger partial charge on any atom is -0.444 e. The molecule has 1 amide bonds. The summed E-state index contributed by atoms with van der Waals surface area (Å²) in [6.07, 6.45) is -3.45. The molecule has 0 saturated heterocycles. The molecule has 0 saturated carbocycles. The number of aliphatic hydroxyl groups is 2. The van der Waals surface area contributed by atoms with E-state index in [-0.39, 0.29) is 29.2 Å². The van der Waals surface area contributed by atoms with Gasteiger partial charge in [0.25, 0.3) is 5.69 Å². The smallest absolute Gasteiger partial charge is 0.407 e. The number of amides is 1. The van der Waals surface area contributed by atoms with E-state index < -0.39 is 28.8 Å². The van der Waals surface area contributed by atoms with Crippen LogP contribution in [0.25, 0.3) is 0 Å². The van der Waals surface area contributed by atoms with Crippen molar-refractivity contribution in [1.82, 2.24) is 5.32 Å². The van der Waals surface area contributed by atoms with Crippen LogP contribution in [0.15, 0.2) is 18.2 Å². The van der Waals surface area contributed by atoms with Crippen molar-refractivity contribution in [3.05, 3.63) is 38.9 Å². The molecule has 9 heteroatoms. The summed E-state index contributed by atoms with van der Waals surface area (Å²) in [5, 5.41) is 33.7. The number of carbonyl (C=O) groups excluding carboxylic acids is 1. The minimum absolute atomic E-state index is 0.0137. The van der Waals surface area contributed by atoms with E-state index in [0.717, 1.165) is 6.07 Å². The number of hydrogen-bond acceptors (Lipinski definition) is 6. The molecule has 8 nitrogen and oxygen atoms in total. The third-order valence-electron chi connectivity index (χ3n) is 2.98. The third-order valence-corrected chi connectivity index (χ3v) is 3.22. The fourth-order valence-corrected chi connectivity index (χ4v) is 2.09. The van der Waals surface area contributed by atoms with Crippen LogP contribution in [0, 0.1) is 10.1 Å². The van der Waals surface area contributed by atoms with Crippen molar-refractivity contribution in [2.24, 2.45) is 0 Å².